The number of fused-ring (bicyclic) bond motifs is 1. The molecule has 124 valence electrons. The van der Waals surface area contributed by atoms with Crippen LogP contribution in [0.5, 0.6) is 0 Å². The van der Waals surface area contributed by atoms with Crippen molar-refractivity contribution < 1.29 is 9.90 Å². The van der Waals surface area contributed by atoms with Gasteiger partial charge in [-0.2, -0.15) is 0 Å². The van der Waals surface area contributed by atoms with Crippen LogP contribution in [-0.4, -0.2) is 20.6 Å². The SMILES string of the molecule is CC(C)(C)c1ccc(Cn2c(C(=O)O)cc3ccc(Cl)cc32)cn1. The molecule has 0 aliphatic carbocycles. The second-order valence-corrected chi connectivity index (χ2v) is 7.36. The fraction of sp³-hybridized carbons (Fsp3) is 0.263. The molecule has 0 saturated heterocycles. The zero-order chi connectivity index (χ0) is 17.5. The summed E-state index contributed by atoms with van der Waals surface area (Å²) >= 11 is 6.08. The highest BCUT2D eigenvalue weighted by Gasteiger charge is 2.17. The topological polar surface area (TPSA) is 55.1 Å². The number of carboxylic acids is 1. The van der Waals surface area contributed by atoms with E-state index in [4.69, 9.17) is 11.6 Å². The Labute approximate surface area is 145 Å². The average Bonchev–Trinajstić information content (AvgIpc) is 2.85. The molecule has 3 rings (SSSR count). The summed E-state index contributed by atoms with van der Waals surface area (Å²) in [7, 11) is 0. The van der Waals surface area contributed by atoms with Crippen LogP contribution >= 0.6 is 11.6 Å². The maximum absolute atomic E-state index is 11.6. The van der Waals surface area contributed by atoms with Crippen molar-refractivity contribution in [1.29, 1.82) is 0 Å². The average molecular weight is 343 g/mol. The number of halogens is 1. The molecule has 5 heteroatoms. The van der Waals surface area contributed by atoms with Crippen LogP contribution in [0, 0.1) is 0 Å². The Balaban J connectivity index is 2.04. The van der Waals surface area contributed by atoms with Gasteiger partial charge >= 0.3 is 5.97 Å². The molecule has 1 N–H and O–H groups in total. The minimum absolute atomic E-state index is 0.0154. The van der Waals surface area contributed by atoms with Crippen molar-refractivity contribution in [3.05, 3.63) is 64.6 Å². The zero-order valence-electron chi connectivity index (χ0n) is 13.9. The number of rotatable bonds is 3. The lowest BCUT2D eigenvalue weighted by molar-refractivity contribution is 0.0686. The van der Waals surface area contributed by atoms with Crippen LogP contribution in [0.4, 0.5) is 0 Å². The first-order valence-electron chi connectivity index (χ1n) is 7.73. The Morgan fingerprint density at radius 1 is 1.21 bits per heavy atom. The first-order valence-corrected chi connectivity index (χ1v) is 8.11. The molecule has 0 bridgehead atoms. The molecule has 0 fully saturated rings. The lowest BCUT2D eigenvalue weighted by Gasteiger charge is -2.18. The summed E-state index contributed by atoms with van der Waals surface area (Å²) < 4.78 is 1.76. The Kier molecular flexibility index (Phi) is 4.10. The largest absolute Gasteiger partial charge is 0.477 e. The van der Waals surface area contributed by atoms with Crippen LogP contribution in [0.3, 0.4) is 0 Å². The van der Waals surface area contributed by atoms with Gasteiger partial charge in [0.25, 0.3) is 0 Å². The van der Waals surface area contributed by atoms with Gasteiger partial charge in [-0.1, -0.05) is 44.5 Å². The summed E-state index contributed by atoms with van der Waals surface area (Å²) in [5, 5.41) is 10.9. The smallest absolute Gasteiger partial charge is 0.352 e. The van der Waals surface area contributed by atoms with Gasteiger partial charge in [-0.05, 0) is 29.8 Å². The molecule has 4 nitrogen and oxygen atoms in total. The molecule has 0 saturated carbocycles. The molecular formula is C19H19ClN2O2. The van der Waals surface area contributed by atoms with Crippen LogP contribution in [0.1, 0.15) is 42.5 Å². The summed E-state index contributed by atoms with van der Waals surface area (Å²) in [6.07, 6.45) is 1.81. The number of carbonyl (C=O) groups is 1. The lowest BCUT2D eigenvalue weighted by atomic mass is 9.91. The Morgan fingerprint density at radius 3 is 2.54 bits per heavy atom. The highest BCUT2D eigenvalue weighted by molar-refractivity contribution is 6.31. The molecule has 2 heterocycles. The quantitative estimate of drug-likeness (QED) is 0.748. The molecule has 0 unspecified atom stereocenters. The van der Waals surface area contributed by atoms with Crippen LogP contribution in [0.2, 0.25) is 5.02 Å². The predicted molar refractivity (Wildman–Crippen MR) is 95.9 cm³/mol. The molecule has 0 spiro atoms. The van der Waals surface area contributed by atoms with E-state index < -0.39 is 5.97 Å². The Morgan fingerprint density at radius 2 is 1.96 bits per heavy atom. The van der Waals surface area contributed by atoms with Crippen molar-refractivity contribution in [3.63, 3.8) is 0 Å². The maximum Gasteiger partial charge on any atom is 0.352 e. The first kappa shape index (κ1) is 16.5. The molecule has 0 aliphatic rings. The van der Waals surface area contributed by atoms with Crippen molar-refractivity contribution >= 4 is 28.5 Å². The fourth-order valence-corrected chi connectivity index (χ4v) is 2.89. The summed E-state index contributed by atoms with van der Waals surface area (Å²) in [6, 6.07) is 11.1. The standard InChI is InChI=1S/C19H19ClN2O2/c1-19(2,3)17-7-4-12(10-21-17)11-22-15-9-14(20)6-5-13(15)8-16(22)18(23)24/h4-10H,11H2,1-3H3,(H,23,24). The zero-order valence-corrected chi connectivity index (χ0v) is 14.6. The van der Waals surface area contributed by atoms with Gasteiger partial charge in [-0.15, -0.1) is 0 Å². The van der Waals surface area contributed by atoms with Gasteiger partial charge in [0.05, 0.1) is 5.52 Å². The maximum atomic E-state index is 11.6. The van der Waals surface area contributed by atoms with Crippen molar-refractivity contribution in [3.8, 4) is 0 Å². The summed E-state index contributed by atoms with van der Waals surface area (Å²) in [5.41, 5.74) is 2.98. The van der Waals surface area contributed by atoms with E-state index in [1.807, 2.05) is 24.4 Å². The van der Waals surface area contributed by atoms with E-state index in [0.717, 1.165) is 22.2 Å². The predicted octanol–water partition coefficient (Wildman–Crippen LogP) is 4.73. The Bertz CT molecular complexity index is 906. The summed E-state index contributed by atoms with van der Waals surface area (Å²) in [6.45, 7) is 6.76. The summed E-state index contributed by atoms with van der Waals surface area (Å²) in [5.74, 6) is -0.957. The molecule has 0 amide bonds. The van der Waals surface area contributed by atoms with Crippen LogP contribution < -0.4 is 0 Å². The monoisotopic (exact) mass is 342 g/mol. The molecule has 2 aromatic heterocycles. The third-order valence-electron chi connectivity index (χ3n) is 4.02. The normalized spacial score (nSPS) is 11.8. The van der Waals surface area contributed by atoms with E-state index in [2.05, 4.69) is 25.8 Å². The van der Waals surface area contributed by atoms with Gasteiger partial charge in [0.2, 0.25) is 0 Å². The second-order valence-electron chi connectivity index (χ2n) is 6.93. The van der Waals surface area contributed by atoms with Gasteiger partial charge < -0.3 is 9.67 Å². The molecule has 0 radical (unpaired) electrons. The number of hydrogen-bond donors (Lipinski definition) is 1. The van der Waals surface area contributed by atoms with Crippen molar-refractivity contribution in [2.24, 2.45) is 0 Å². The molecule has 0 atom stereocenters. The van der Waals surface area contributed by atoms with E-state index in [1.54, 1.807) is 22.8 Å². The van der Waals surface area contributed by atoms with E-state index >= 15 is 0 Å². The molecule has 24 heavy (non-hydrogen) atoms. The van der Waals surface area contributed by atoms with Gasteiger partial charge in [0, 0.05) is 34.3 Å². The minimum Gasteiger partial charge on any atom is -0.477 e. The van der Waals surface area contributed by atoms with Crippen LogP contribution in [-0.2, 0) is 12.0 Å². The number of aromatic carboxylic acids is 1. The third-order valence-corrected chi connectivity index (χ3v) is 4.25. The second kappa shape index (κ2) is 5.95. The highest BCUT2D eigenvalue weighted by Crippen LogP contribution is 2.25. The number of pyridine rings is 1. The number of carboxylic acid groups (broad SMARTS) is 1. The van der Waals surface area contributed by atoms with Crippen molar-refractivity contribution in [2.45, 2.75) is 32.7 Å². The van der Waals surface area contributed by atoms with E-state index in [-0.39, 0.29) is 11.1 Å². The number of hydrogen-bond acceptors (Lipinski definition) is 2. The first-order chi connectivity index (χ1) is 11.3. The van der Waals surface area contributed by atoms with Gasteiger partial charge in [-0.25, -0.2) is 4.79 Å². The van der Waals surface area contributed by atoms with Crippen molar-refractivity contribution in [1.82, 2.24) is 9.55 Å². The van der Waals surface area contributed by atoms with Gasteiger partial charge in [0.15, 0.2) is 0 Å². The van der Waals surface area contributed by atoms with Gasteiger partial charge in [-0.3, -0.25) is 4.98 Å². The minimum atomic E-state index is -0.957. The molecule has 0 aliphatic heterocycles. The van der Waals surface area contributed by atoms with Crippen LogP contribution in [0.15, 0.2) is 42.6 Å². The van der Waals surface area contributed by atoms with E-state index in [0.29, 0.717) is 11.6 Å². The number of nitrogens with zero attached hydrogens (tertiary/aromatic N) is 2. The van der Waals surface area contributed by atoms with Gasteiger partial charge in [0.1, 0.15) is 5.69 Å². The number of benzene rings is 1. The third kappa shape index (κ3) is 3.15. The fourth-order valence-electron chi connectivity index (χ4n) is 2.72. The molecular weight excluding hydrogens is 324 g/mol. The number of aromatic nitrogens is 2. The molecule has 3 aromatic rings. The van der Waals surface area contributed by atoms with E-state index in [1.165, 1.54) is 0 Å². The summed E-state index contributed by atoms with van der Waals surface area (Å²) in [4.78, 5) is 16.1. The lowest BCUT2D eigenvalue weighted by Crippen LogP contribution is -2.14. The Hall–Kier alpha value is -2.33. The van der Waals surface area contributed by atoms with Crippen LogP contribution in [0.25, 0.3) is 10.9 Å². The van der Waals surface area contributed by atoms with E-state index in [9.17, 15) is 9.90 Å². The highest BCUT2D eigenvalue weighted by atomic mass is 35.5. The molecule has 1 aromatic carbocycles. The van der Waals surface area contributed by atoms with Crippen molar-refractivity contribution in [2.75, 3.05) is 0 Å².